The Hall–Kier alpha value is -2.58. The maximum Gasteiger partial charge on any atom is 0.341 e. The van der Waals surface area contributed by atoms with E-state index in [0.29, 0.717) is 15.8 Å². The molecule has 0 saturated carbocycles. The van der Waals surface area contributed by atoms with Crippen LogP contribution in [0.3, 0.4) is 0 Å². The van der Waals surface area contributed by atoms with Gasteiger partial charge in [0.1, 0.15) is 5.75 Å². The number of benzene rings is 2. The number of hydrogen-bond donors (Lipinski definition) is 2. The maximum atomic E-state index is 12.1. The van der Waals surface area contributed by atoms with Crippen LogP contribution in [-0.4, -0.2) is 28.8 Å². The van der Waals surface area contributed by atoms with Crippen LogP contribution in [-0.2, 0) is 9.59 Å². The number of carboxylic acid groups (broad SMARTS) is 1. The van der Waals surface area contributed by atoms with Gasteiger partial charge in [0, 0.05) is 4.47 Å². The third-order valence-corrected chi connectivity index (χ3v) is 4.85. The van der Waals surface area contributed by atoms with E-state index in [1.807, 2.05) is 24.3 Å². The average molecular weight is 433 g/mol. The summed E-state index contributed by atoms with van der Waals surface area (Å²) >= 11 is 4.68. The molecule has 0 bridgehead atoms. The number of halogens is 1. The van der Waals surface area contributed by atoms with E-state index in [-0.39, 0.29) is 5.91 Å². The van der Waals surface area contributed by atoms with Gasteiger partial charge in [0.05, 0.1) is 10.6 Å². The molecule has 1 aliphatic rings. The summed E-state index contributed by atoms with van der Waals surface area (Å²) in [4.78, 5) is 27.6. The zero-order valence-electron chi connectivity index (χ0n) is 13.3. The summed E-state index contributed by atoms with van der Waals surface area (Å²) in [5.74, 6) is -0.798. The number of para-hydroxylation sites is 1. The first-order chi connectivity index (χ1) is 12.5. The summed E-state index contributed by atoms with van der Waals surface area (Å²) in [6.45, 7) is -0.395. The van der Waals surface area contributed by atoms with Crippen molar-refractivity contribution in [2.75, 3.05) is 6.61 Å². The molecule has 0 atom stereocenters. The number of nitrogens with one attached hydrogen (secondary N) is 1. The highest BCUT2D eigenvalue weighted by atomic mass is 79.9. The second kappa shape index (κ2) is 8.20. The molecule has 132 valence electrons. The molecule has 6 nitrogen and oxygen atoms in total. The zero-order chi connectivity index (χ0) is 18.5. The van der Waals surface area contributed by atoms with E-state index in [9.17, 15) is 9.59 Å². The highest BCUT2D eigenvalue weighted by Gasteiger charge is 2.24. The van der Waals surface area contributed by atoms with Gasteiger partial charge in [-0.15, -0.1) is 0 Å². The van der Waals surface area contributed by atoms with Crippen LogP contribution in [0.1, 0.15) is 5.56 Å². The zero-order valence-corrected chi connectivity index (χ0v) is 15.7. The van der Waals surface area contributed by atoms with E-state index in [2.05, 4.69) is 26.2 Å². The van der Waals surface area contributed by atoms with Gasteiger partial charge >= 0.3 is 5.97 Å². The Morgan fingerprint density at radius 2 is 1.96 bits per heavy atom. The van der Waals surface area contributed by atoms with Gasteiger partial charge < -0.3 is 15.2 Å². The average Bonchev–Trinajstić information content (AvgIpc) is 2.95. The smallest absolute Gasteiger partial charge is 0.341 e. The molecule has 2 N–H and O–H groups in total. The molecule has 1 aliphatic heterocycles. The highest BCUT2D eigenvalue weighted by Crippen LogP contribution is 2.31. The molecule has 1 amide bonds. The highest BCUT2D eigenvalue weighted by molar-refractivity contribution is 9.10. The van der Waals surface area contributed by atoms with E-state index >= 15 is 0 Å². The minimum absolute atomic E-state index is 0.216. The monoisotopic (exact) mass is 432 g/mol. The molecule has 0 aliphatic carbocycles. The van der Waals surface area contributed by atoms with Crippen molar-refractivity contribution in [3.63, 3.8) is 0 Å². The molecule has 0 unspecified atom stereocenters. The summed E-state index contributed by atoms with van der Waals surface area (Å²) in [5, 5.41) is 11.8. The third-order valence-electron chi connectivity index (χ3n) is 3.27. The summed E-state index contributed by atoms with van der Waals surface area (Å²) in [6, 6.07) is 14.3. The number of hydrogen-bond acceptors (Lipinski definition) is 5. The van der Waals surface area contributed by atoms with Crippen LogP contribution in [0.4, 0.5) is 5.69 Å². The Morgan fingerprint density at radius 1 is 1.23 bits per heavy atom. The van der Waals surface area contributed by atoms with Crippen LogP contribution < -0.4 is 10.1 Å². The van der Waals surface area contributed by atoms with Gasteiger partial charge in [0.2, 0.25) is 0 Å². The Balaban J connectivity index is 1.72. The lowest BCUT2D eigenvalue weighted by Crippen LogP contribution is -2.19. The number of carbonyl (C=O) groups excluding carboxylic acids is 1. The van der Waals surface area contributed by atoms with Crippen molar-refractivity contribution in [3.05, 3.63) is 63.5 Å². The van der Waals surface area contributed by atoms with Crippen molar-refractivity contribution < 1.29 is 19.4 Å². The van der Waals surface area contributed by atoms with Crippen molar-refractivity contribution in [3.8, 4) is 5.75 Å². The topological polar surface area (TPSA) is 88.0 Å². The first-order valence-corrected chi connectivity index (χ1v) is 9.11. The van der Waals surface area contributed by atoms with Crippen molar-refractivity contribution in [1.29, 1.82) is 0 Å². The molecule has 2 aromatic rings. The molecule has 26 heavy (non-hydrogen) atoms. The van der Waals surface area contributed by atoms with E-state index < -0.39 is 12.6 Å². The molecule has 0 spiro atoms. The number of amides is 1. The summed E-state index contributed by atoms with van der Waals surface area (Å²) in [5.41, 5.74) is 1.53. The number of carbonyl (C=O) groups is 2. The van der Waals surface area contributed by atoms with Crippen LogP contribution in [0.25, 0.3) is 6.08 Å². The van der Waals surface area contributed by atoms with Crippen LogP contribution >= 0.6 is 27.7 Å². The standard InChI is InChI=1S/C18H13BrN2O4S/c19-13-3-1-2-4-14(13)20-18-21-17(24)15(26-18)9-11-5-7-12(8-6-11)25-10-16(22)23/h1-9H,10H2,(H,22,23)(H,20,21,24)/b15-9+. The number of aliphatic imine (C=N–C) groups is 1. The molecular weight excluding hydrogens is 420 g/mol. The third kappa shape index (κ3) is 4.74. The molecule has 1 fully saturated rings. The Morgan fingerprint density at radius 3 is 2.65 bits per heavy atom. The molecule has 1 heterocycles. The Labute approximate surface area is 162 Å². The minimum Gasteiger partial charge on any atom is -0.482 e. The summed E-state index contributed by atoms with van der Waals surface area (Å²) in [6.07, 6.45) is 1.74. The van der Waals surface area contributed by atoms with E-state index in [1.165, 1.54) is 11.8 Å². The van der Waals surface area contributed by atoms with Gasteiger partial charge in [-0.2, -0.15) is 0 Å². The lowest BCUT2D eigenvalue weighted by molar-refractivity contribution is -0.139. The van der Waals surface area contributed by atoms with Gasteiger partial charge in [-0.05, 0) is 63.6 Å². The SMILES string of the molecule is O=C(O)COc1ccc(/C=C2/SC(=Nc3ccccc3Br)NC2=O)cc1. The van der Waals surface area contributed by atoms with Crippen molar-refractivity contribution in [2.45, 2.75) is 0 Å². The fourth-order valence-electron chi connectivity index (χ4n) is 2.09. The number of carboxylic acids is 1. The molecule has 3 rings (SSSR count). The molecular formula is C18H13BrN2O4S. The molecule has 8 heteroatoms. The number of aliphatic carboxylic acids is 1. The molecule has 0 radical (unpaired) electrons. The number of thioether (sulfide) groups is 1. The number of ether oxygens (including phenoxy) is 1. The van der Waals surface area contributed by atoms with Gasteiger partial charge in [-0.3, -0.25) is 4.79 Å². The van der Waals surface area contributed by atoms with Crippen molar-refractivity contribution >= 4 is 56.5 Å². The Bertz CT molecular complexity index is 910. The quantitative estimate of drug-likeness (QED) is 0.701. The van der Waals surface area contributed by atoms with Gasteiger partial charge in [0.15, 0.2) is 11.8 Å². The Kier molecular flexibility index (Phi) is 5.75. The van der Waals surface area contributed by atoms with Crippen molar-refractivity contribution in [2.24, 2.45) is 4.99 Å². The van der Waals surface area contributed by atoms with Crippen molar-refractivity contribution in [1.82, 2.24) is 5.32 Å². The van der Waals surface area contributed by atoms with Crippen LogP contribution in [0.15, 0.2) is 62.9 Å². The predicted octanol–water partition coefficient (Wildman–Crippen LogP) is 3.80. The van der Waals surface area contributed by atoms with Gasteiger partial charge in [0.25, 0.3) is 5.91 Å². The van der Waals surface area contributed by atoms with Crippen LogP contribution in [0.2, 0.25) is 0 Å². The van der Waals surface area contributed by atoms with Gasteiger partial charge in [-0.25, -0.2) is 9.79 Å². The minimum atomic E-state index is -1.04. The van der Waals surface area contributed by atoms with Gasteiger partial charge in [-0.1, -0.05) is 24.3 Å². The molecule has 0 aromatic heterocycles. The maximum absolute atomic E-state index is 12.1. The van der Waals surface area contributed by atoms with Crippen LogP contribution in [0, 0.1) is 0 Å². The lowest BCUT2D eigenvalue weighted by Gasteiger charge is -2.03. The van der Waals surface area contributed by atoms with Crippen LogP contribution in [0.5, 0.6) is 5.75 Å². The van der Waals surface area contributed by atoms with E-state index in [0.717, 1.165) is 15.7 Å². The first kappa shape index (κ1) is 18.2. The normalized spacial score (nSPS) is 16.7. The summed E-state index contributed by atoms with van der Waals surface area (Å²) < 4.78 is 5.92. The summed E-state index contributed by atoms with van der Waals surface area (Å²) in [7, 11) is 0. The van der Waals surface area contributed by atoms with E-state index in [1.54, 1.807) is 30.3 Å². The molecule has 1 saturated heterocycles. The fourth-order valence-corrected chi connectivity index (χ4v) is 3.30. The number of nitrogens with zero attached hydrogens (tertiary/aromatic N) is 1. The second-order valence-electron chi connectivity index (χ2n) is 5.18. The predicted molar refractivity (Wildman–Crippen MR) is 105 cm³/mol. The molecule has 2 aromatic carbocycles. The van der Waals surface area contributed by atoms with E-state index in [4.69, 9.17) is 9.84 Å². The number of amidine groups is 1. The largest absolute Gasteiger partial charge is 0.482 e. The first-order valence-electron chi connectivity index (χ1n) is 7.50. The number of rotatable bonds is 5. The fraction of sp³-hybridized carbons (Fsp3) is 0.0556. The second-order valence-corrected chi connectivity index (χ2v) is 7.07. The lowest BCUT2D eigenvalue weighted by atomic mass is 10.2.